The highest BCUT2D eigenvalue weighted by Gasteiger charge is 2.36. The normalized spacial score (nSPS) is 18.6. The molecule has 2 atom stereocenters. The number of nitrogens with zero attached hydrogens (tertiary/aromatic N) is 3. The second kappa shape index (κ2) is 11.0. The number of fused-ring (bicyclic) bond motifs is 1. The molecule has 1 aliphatic heterocycles. The fourth-order valence-corrected chi connectivity index (χ4v) is 5.07. The average molecular weight is 482 g/mol. The molecule has 0 aliphatic carbocycles. The van der Waals surface area contributed by atoms with Gasteiger partial charge in [0.05, 0.1) is 23.4 Å². The Morgan fingerprint density at radius 1 is 1.00 bits per heavy atom. The Hall–Kier alpha value is -3.26. The quantitative estimate of drug-likeness (QED) is 0.461. The summed E-state index contributed by atoms with van der Waals surface area (Å²) in [5.41, 5.74) is 0.972. The lowest BCUT2D eigenvalue weighted by atomic mass is 9.80. The highest BCUT2D eigenvalue weighted by atomic mass is 19.1. The maximum absolute atomic E-state index is 13.4. The number of carbonyl (C=O) groups is 1. The van der Waals surface area contributed by atoms with Gasteiger partial charge in [-0.2, -0.15) is 0 Å². The van der Waals surface area contributed by atoms with Crippen molar-refractivity contribution in [2.45, 2.75) is 45.7 Å². The second-order valence-corrected chi connectivity index (χ2v) is 9.01. The van der Waals surface area contributed by atoms with Crippen molar-refractivity contribution in [3.8, 4) is 0 Å². The van der Waals surface area contributed by atoms with Gasteiger partial charge in [0, 0.05) is 26.2 Å². The molecule has 2 aromatic carbocycles. The molecular formula is C27H32FN3O4. The van der Waals surface area contributed by atoms with Gasteiger partial charge in [-0.15, -0.1) is 0 Å². The van der Waals surface area contributed by atoms with Crippen LogP contribution in [0.5, 0.6) is 0 Å². The fraction of sp³-hybridized carbons (Fsp3) is 0.444. The maximum Gasteiger partial charge on any atom is 0.331 e. The molecule has 1 aliphatic rings. The van der Waals surface area contributed by atoms with E-state index in [0.717, 1.165) is 12.0 Å². The molecule has 0 N–H and O–H groups in total. The lowest BCUT2D eigenvalue weighted by Gasteiger charge is -2.37. The van der Waals surface area contributed by atoms with Gasteiger partial charge in [0.15, 0.2) is 0 Å². The van der Waals surface area contributed by atoms with E-state index in [2.05, 4.69) is 4.90 Å². The Morgan fingerprint density at radius 2 is 1.74 bits per heavy atom. The van der Waals surface area contributed by atoms with Crippen molar-refractivity contribution in [1.29, 1.82) is 0 Å². The first-order chi connectivity index (χ1) is 16.9. The molecular weight excluding hydrogens is 449 g/mol. The Balaban J connectivity index is 1.56. The van der Waals surface area contributed by atoms with Crippen molar-refractivity contribution >= 4 is 16.9 Å². The smallest absolute Gasteiger partial charge is 0.331 e. The highest BCUT2D eigenvalue weighted by Crippen LogP contribution is 2.34. The Kier molecular flexibility index (Phi) is 7.80. The molecule has 1 saturated heterocycles. The SMILES string of the molecule is CCCn1c(=O)n(CCN2CC[C@H](c3ccc(F)cc3)[C@H](C(=O)OCC)C2)c(=O)c2ccccc21. The summed E-state index contributed by atoms with van der Waals surface area (Å²) in [6, 6.07) is 13.5. The molecule has 1 aromatic heterocycles. The maximum atomic E-state index is 13.4. The number of aryl methyl sites for hydroxylation is 1. The summed E-state index contributed by atoms with van der Waals surface area (Å²) in [5.74, 6) is -1.07. The van der Waals surface area contributed by atoms with Gasteiger partial charge in [0.1, 0.15) is 5.82 Å². The molecule has 3 aromatic rings. The molecule has 35 heavy (non-hydrogen) atoms. The number of carbonyl (C=O) groups excluding carboxylic acids is 1. The molecule has 7 nitrogen and oxygen atoms in total. The van der Waals surface area contributed by atoms with Crippen LogP contribution >= 0.6 is 0 Å². The Morgan fingerprint density at radius 3 is 2.46 bits per heavy atom. The van der Waals surface area contributed by atoms with Crippen molar-refractivity contribution in [1.82, 2.24) is 14.0 Å². The lowest BCUT2D eigenvalue weighted by Crippen LogP contribution is -2.47. The van der Waals surface area contributed by atoms with E-state index < -0.39 is 5.92 Å². The molecule has 4 rings (SSSR count). The Bertz CT molecular complexity index is 1300. The predicted molar refractivity (Wildman–Crippen MR) is 133 cm³/mol. The van der Waals surface area contributed by atoms with Gasteiger partial charge in [0.25, 0.3) is 5.56 Å². The fourth-order valence-electron chi connectivity index (χ4n) is 5.07. The number of halogens is 1. The summed E-state index contributed by atoms with van der Waals surface area (Å²) in [5, 5.41) is 0.528. The third kappa shape index (κ3) is 5.22. The van der Waals surface area contributed by atoms with Crippen LogP contribution in [0.25, 0.3) is 10.9 Å². The molecule has 0 unspecified atom stereocenters. The standard InChI is InChI=1S/C27H32FN3O4/c1-3-14-30-24-8-6-5-7-22(24)25(32)31(27(30)34)17-16-29-15-13-21(19-9-11-20(28)12-10-19)23(18-29)26(33)35-4-2/h5-12,21,23H,3-4,13-18H2,1-2H3/t21-,23-/m1/s1. The monoisotopic (exact) mass is 481 g/mol. The van der Waals surface area contributed by atoms with Gasteiger partial charge in [-0.05, 0) is 62.1 Å². The topological polar surface area (TPSA) is 73.5 Å². The van der Waals surface area contributed by atoms with Crippen LogP contribution in [-0.2, 0) is 22.6 Å². The number of hydrogen-bond acceptors (Lipinski definition) is 5. The number of para-hydroxylation sites is 1. The largest absolute Gasteiger partial charge is 0.466 e. The van der Waals surface area contributed by atoms with E-state index in [4.69, 9.17) is 4.74 Å². The van der Waals surface area contributed by atoms with Crippen LogP contribution in [0.4, 0.5) is 4.39 Å². The van der Waals surface area contributed by atoms with Crippen LogP contribution in [0.3, 0.4) is 0 Å². The number of hydrogen-bond donors (Lipinski definition) is 0. The lowest BCUT2D eigenvalue weighted by molar-refractivity contribution is -0.150. The molecule has 0 amide bonds. The van der Waals surface area contributed by atoms with Crippen LogP contribution in [0.1, 0.15) is 38.2 Å². The summed E-state index contributed by atoms with van der Waals surface area (Å²) in [6.45, 7) is 6.45. The van der Waals surface area contributed by atoms with E-state index in [1.165, 1.54) is 16.7 Å². The first-order valence-corrected chi connectivity index (χ1v) is 12.3. The first-order valence-electron chi connectivity index (χ1n) is 12.3. The third-order valence-electron chi connectivity index (χ3n) is 6.80. The van der Waals surface area contributed by atoms with Crippen molar-refractivity contribution in [3.63, 3.8) is 0 Å². The van der Waals surface area contributed by atoms with Gasteiger partial charge in [-0.3, -0.25) is 18.7 Å². The average Bonchev–Trinajstić information content (AvgIpc) is 2.87. The zero-order chi connectivity index (χ0) is 24.9. The third-order valence-corrected chi connectivity index (χ3v) is 6.80. The van der Waals surface area contributed by atoms with Gasteiger partial charge in [-0.1, -0.05) is 31.2 Å². The van der Waals surface area contributed by atoms with E-state index >= 15 is 0 Å². The van der Waals surface area contributed by atoms with E-state index in [0.29, 0.717) is 43.5 Å². The van der Waals surface area contributed by atoms with E-state index in [1.807, 2.05) is 19.1 Å². The summed E-state index contributed by atoms with van der Waals surface area (Å²) >= 11 is 0. The second-order valence-electron chi connectivity index (χ2n) is 9.01. The van der Waals surface area contributed by atoms with E-state index in [-0.39, 0.29) is 42.1 Å². The summed E-state index contributed by atoms with van der Waals surface area (Å²) in [6.07, 6.45) is 1.47. The summed E-state index contributed by atoms with van der Waals surface area (Å²) in [7, 11) is 0. The minimum Gasteiger partial charge on any atom is -0.466 e. The number of likely N-dealkylation sites (tertiary alicyclic amines) is 1. The van der Waals surface area contributed by atoms with E-state index in [1.54, 1.807) is 35.8 Å². The minimum absolute atomic E-state index is 0.0731. The summed E-state index contributed by atoms with van der Waals surface area (Å²) in [4.78, 5) is 41.2. The van der Waals surface area contributed by atoms with Gasteiger partial charge in [-0.25, -0.2) is 9.18 Å². The molecule has 0 radical (unpaired) electrons. The van der Waals surface area contributed by atoms with Crippen molar-refractivity contribution < 1.29 is 13.9 Å². The zero-order valence-corrected chi connectivity index (χ0v) is 20.3. The van der Waals surface area contributed by atoms with Crippen LogP contribution in [0, 0.1) is 11.7 Å². The number of ether oxygens (including phenoxy) is 1. The molecule has 0 bridgehead atoms. The molecule has 0 spiro atoms. The van der Waals surface area contributed by atoms with Gasteiger partial charge < -0.3 is 9.64 Å². The van der Waals surface area contributed by atoms with Crippen LogP contribution in [-0.4, -0.2) is 46.2 Å². The van der Waals surface area contributed by atoms with Crippen molar-refractivity contribution in [3.05, 3.63) is 80.7 Å². The number of esters is 1. The number of piperidine rings is 1. The predicted octanol–water partition coefficient (Wildman–Crippen LogP) is 3.38. The van der Waals surface area contributed by atoms with Crippen LogP contribution < -0.4 is 11.2 Å². The molecule has 186 valence electrons. The van der Waals surface area contributed by atoms with Crippen molar-refractivity contribution in [2.75, 3.05) is 26.2 Å². The molecule has 2 heterocycles. The van der Waals surface area contributed by atoms with Gasteiger partial charge >= 0.3 is 11.7 Å². The highest BCUT2D eigenvalue weighted by molar-refractivity contribution is 5.77. The first kappa shape index (κ1) is 24.9. The van der Waals surface area contributed by atoms with Crippen LogP contribution in [0.2, 0.25) is 0 Å². The number of rotatable bonds is 8. The number of benzene rings is 2. The molecule has 1 fully saturated rings. The molecule has 8 heteroatoms. The van der Waals surface area contributed by atoms with Crippen molar-refractivity contribution in [2.24, 2.45) is 5.92 Å². The van der Waals surface area contributed by atoms with E-state index in [9.17, 15) is 18.8 Å². The Labute approximate surface area is 203 Å². The minimum atomic E-state index is -0.403. The zero-order valence-electron chi connectivity index (χ0n) is 20.3. The number of aromatic nitrogens is 2. The van der Waals surface area contributed by atoms with Gasteiger partial charge in [0.2, 0.25) is 0 Å². The summed E-state index contributed by atoms with van der Waals surface area (Å²) < 4.78 is 21.8. The van der Waals surface area contributed by atoms with Crippen LogP contribution in [0.15, 0.2) is 58.1 Å². The molecule has 0 saturated carbocycles.